The second kappa shape index (κ2) is 5.41. The molecule has 0 saturated heterocycles. The Labute approximate surface area is 117 Å². The molecule has 1 N–H and O–H groups in total. The zero-order chi connectivity index (χ0) is 14.0. The summed E-state index contributed by atoms with van der Waals surface area (Å²) in [5, 5.41) is 3.27. The number of halogens is 1. The third-order valence-corrected chi connectivity index (χ3v) is 3.25. The number of amides is 1. The van der Waals surface area contributed by atoms with Gasteiger partial charge in [-0.05, 0) is 38.0 Å². The van der Waals surface area contributed by atoms with E-state index in [-0.39, 0.29) is 5.91 Å². The largest absolute Gasteiger partial charge is 0.319 e. The summed E-state index contributed by atoms with van der Waals surface area (Å²) in [4.78, 5) is 16.3. The molecular weight excluding hydrogens is 260 g/mol. The van der Waals surface area contributed by atoms with Crippen molar-refractivity contribution in [2.45, 2.75) is 20.8 Å². The fourth-order valence-electron chi connectivity index (χ4n) is 2.19. The number of hydrogen-bond donors (Lipinski definition) is 1. The van der Waals surface area contributed by atoms with Crippen LogP contribution in [0.4, 0.5) is 5.69 Å². The monoisotopic (exact) mass is 274 g/mol. The van der Waals surface area contributed by atoms with E-state index in [2.05, 4.69) is 10.3 Å². The predicted molar refractivity (Wildman–Crippen MR) is 77.9 cm³/mol. The predicted octanol–water partition coefficient (Wildman–Crippen LogP) is 3.91. The average molecular weight is 275 g/mol. The molecule has 0 atom stereocenters. The number of anilines is 1. The summed E-state index contributed by atoms with van der Waals surface area (Å²) in [6, 6.07) is 5.63. The number of aryl methyl sites for hydroxylation is 3. The Hall–Kier alpha value is -1.87. The number of carbonyl (C=O) groups is 1. The van der Waals surface area contributed by atoms with Crippen molar-refractivity contribution in [3.8, 4) is 0 Å². The van der Waals surface area contributed by atoms with Gasteiger partial charge in [0.05, 0.1) is 16.9 Å². The molecule has 0 fully saturated rings. The summed E-state index contributed by atoms with van der Waals surface area (Å²) in [5.41, 5.74) is 4.26. The van der Waals surface area contributed by atoms with Crippen molar-refractivity contribution in [3.63, 3.8) is 0 Å². The van der Waals surface area contributed by atoms with E-state index < -0.39 is 0 Å². The molecule has 0 unspecified atom stereocenters. The maximum Gasteiger partial charge on any atom is 0.256 e. The van der Waals surface area contributed by atoms with Crippen LogP contribution in [0.5, 0.6) is 0 Å². The first kappa shape index (κ1) is 13.6. The third-order valence-electron chi connectivity index (χ3n) is 2.92. The average Bonchev–Trinajstić information content (AvgIpc) is 2.30. The van der Waals surface area contributed by atoms with Crippen molar-refractivity contribution in [1.29, 1.82) is 0 Å². The summed E-state index contributed by atoms with van der Waals surface area (Å²) >= 11 is 6.01. The Balaban J connectivity index is 2.34. The van der Waals surface area contributed by atoms with Crippen LogP contribution in [0.1, 0.15) is 27.0 Å². The van der Waals surface area contributed by atoms with Crippen LogP contribution in [0.25, 0.3) is 0 Å². The fourth-order valence-corrected chi connectivity index (χ4v) is 2.34. The zero-order valence-electron chi connectivity index (χ0n) is 11.1. The van der Waals surface area contributed by atoms with Crippen LogP contribution in [0.3, 0.4) is 0 Å². The lowest BCUT2D eigenvalue weighted by atomic mass is 9.99. The molecule has 0 radical (unpaired) electrons. The lowest BCUT2D eigenvalue weighted by molar-refractivity contribution is 0.102. The topological polar surface area (TPSA) is 42.0 Å². The van der Waals surface area contributed by atoms with Crippen LogP contribution in [-0.4, -0.2) is 10.9 Å². The molecule has 2 aromatic rings. The summed E-state index contributed by atoms with van der Waals surface area (Å²) < 4.78 is 0. The molecule has 0 aliphatic carbocycles. The van der Waals surface area contributed by atoms with Gasteiger partial charge in [-0.3, -0.25) is 9.78 Å². The standard InChI is InChI=1S/C15H15ClN2O/c1-9-6-10(2)14(11(3)7-9)15(19)18-13-8-17-5-4-12(13)16/h4-8H,1-3H3,(H,18,19). The van der Waals surface area contributed by atoms with Crippen LogP contribution in [0.2, 0.25) is 5.02 Å². The second-order valence-electron chi connectivity index (χ2n) is 4.58. The Kier molecular flexibility index (Phi) is 3.86. The first-order valence-corrected chi connectivity index (χ1v) is 6.35. The summed E-state index contributed by atoms with van der Waals surface area (Å²) in [6.45, 7) is 5.87. The van der Waals surface area contributed by atoms with Crippen LogP contribution < -0.4 is 5.32 Å². The van der Waals surface area contributed by atoms with E-state index in [1.807, 2.05) is 32.9 Å². The summed E-state index contributed by atoms with van der Waals surface area (Å²) in [5.74, 6) is -0.162. The molecule has 3 nitrogen and oxygen atoms in total. The Morgan fingerprint density at radius 2 is 1.84 bits per heavy atom. The smallest absolute Gasteiger partial charge is 0.256 e. The normalized spacial score (nSPS) is 10.3. The number of aromatic nitrogens is 1. The summed E-state index contributed by atoms with van der Waals surface area (Å²) in [6.07, 6.45) is 3.12. The first-order valence-electron chi connectivity index (χ1n) is 5.97. The lowest BCUT2D eigenvalue weighted by Crippen LogP contribution is -2.15. The van der Waals surface area contributed by atoms with Crippen LogP contribution in [-0.2, 0) is 0 Å². The number of pyridine rings is 1. The summed E-state index contributed by atoms with van der Waals surface area (Å²) in [7, 11) is 0. The van der Waals surface area contributed by atoms with Gasteiger partial charge < -0.3 is 5.32 Å². The van der Waals surface area contributed by atoms with Crippen molar-refractivity contribution < 1.29 is 4.79 Å². The highest BCUT2D eigenvalue weighted by molar-refractivity contribution is 6.33. The molecule has 1 amide bonds. The molecule has 1 aromatic carbocycles. The molecule has 0 aliphatic rings. The zero-order valence-corrected chi connectivity index (χ0v) is 11.9. The van der Waals surface area contributed by atoms with Gasteiger partial charge in [0.1, 0.15) is 0 Å². The molecule has 4 heteroatoms. The fraction of sp³-hybridized carbons (Fsp3) is 0.200. The Morgan fingerprint density at radius 1 is 1.21 bits per heavy atom. The van der Waals surface area contributed by atoms with Crippen molar-refractivity contribution in [2.75, 3.05) is 5.32 Å². The number of nitrogens with one attached hydrogen (secondary N) is 1. The molecular formula is C15H15ClN2O. The SMILES string of the molecule is Cc1cc(C)c(C(=O)Nc2cnccc2Cl)c(C)c1. The van der Waals surface area contributed by atoms with Gasteiger partial charge in [0.25, 0.3) is 5.91 Å². The molecule has 0 saturated carbocycles. The van der Waals surface area contributed by atoms with Gasteiger partial charge >= 0.3 is 0 Å². The molecule has 0 aliphatic heterocycles. The molecule has 1 heterocycles. The molecule has 0 spiro atoms. The quantitative estimate of drug-likeness (QED) is 0.902. The highest BCUT2D eigenvalue weighted by Gasteiger charge is 2.14. The lowest BCUT2D eigenvalue weighted by Gasteiger charge is -2.12. The number of benzene rings is 1. The third kappa shape index (κ3) is 2.93. The van der Waals surface area contributed by atoms with E-state index in [0.29, 0.717) is 16.3 Å². The molecule has 2 rings (SSSR count). The Bertz CT molecular complexity index is 615. The minimum atomic E-state index is -0.162. The maximum atomic E-state index is 12.3. The van der Waals surface area contributed by atoms with Gasteiger partial charge in [0, 0.05) is 11.8 Å². The van der Waals surface area contributed by atoms with Crippen molar-refractivity contribution in [2.24, 2.45) is 0 Å². The van der Waals surface area contributed by atoms with Crippen LogP contribution >= 0.6 is 11.6 Å². The molecule has 0 bridgehead atoms. The van der Waals surface area contributed by atoms with Gasteiger partial charge in [0.15, 0.2) is 0 Å². The van der Waals surface area contributed by atoms with E-state index in [0.717, 1.165) is 16.7 Å². The van der Waals surface area contributed by atoms with Crippen LogP contribution in [0, 0.1) is 20.8 Å². The van der Waals surface area contributed by atoms with Gasteiger partial charge in [-0.15, -0.1) is 0 Å². The highest BCUT2D eigenvalue weighted by Crippen LogP contribution is 2.22. The first-order chi connectivity index (χ1) is 8.99. The molecule has 98 valence electrons. The minimum Gasteiger partial charge on any atom is -0.319 e. The number of rotatable bonds is 2. The van der Waals surface area contributed by atoms with Gasteiger partial charge in [-0.1, -0.05) is 29.3 Å². The number of hydrogen-bond acceptors (Lipinski definition) is 2. The number of carbonyl (C=O) groups excluding carboxylic acids is 1. The van der Waals surface area contributed by atoms with E-state index in [1.54, 1.807) is 18.5 Å². The Morgan fingerprint density at radius 3 is 2.42 bits per heavy atom. The van der Waals surface area contributed by atoms with E-state index in [4.69, 9.17) is 11.6 Å². The van der Waals surface area contributed by atoms with E-state index in [1.165, 1.54) is 0 Å². The minimum absolute atomic E-state index is 0.162. The van der Waals surface area contributed by atoms with E-state index in [9.17, 15) is 4.79 Å². The highest BCUT2D eigenvalue weighted by atomic mass is 35.5. The second-order valence-corrected chi connectivity index (χ2v) is 4.99. The van der Waals surface area contributed by atoms with Crippen molar-refractivity contribution in [1.82, 2.24) is 4.98 Å². The maximum absolute atomic E-state index is 12.3. The van der Waals surface area contributed by atoms with E-state index >= 15 is 0 Å². The number of nitrogens with zero attached hydrogens (tertiary/aromatic N) is 1. The van der Waals surface area contributed by atoms with Gasteiger partial charge in [-0.25, -0.2) is 0 Å². The van der Waals surface area contributed by atoms with Gasteiger partial charge in [-0.2, -0.15) is 0 Å². The van der Waals surface area contributed by atoms with Crippen molar-refractivity contribution >= 4 is 23.2 Å². The molecule has 1 aromatic heterocycles. The van der Waals surface area contributed by atoms with Crippen LogP contribution in [0.15, 0.2) is 30.6 Å². The van der Waals surface area contributed by atoms with Gasteiger partial charge in [0.2, 0.25) is 0 Å². The van der Waals surface area contributed by atoms with Crippen molar-refractivity contribution in [3.05, 3.63) is 57.9 Å². The molecule has 19 heavy (non-hydrogen) atoms.